The first kappa shape index (κ1) is 21.9. The molecule has 0 atom stereocenters. The first-order chi connectivity index (χ1) is 16.0. The van der Waals surface area contributed by atoms with Crippen LogP contribution in [0.2, 0.25) is 0 Å². The van der Waals surface area contributed by atoms with Crippen molar-refractivity contribution in [3.05, 3.63) is 66.4 Å². The van der Waals surface area contributed by atoms with E-state index in [-0.39, 0.29) is 17.6 Å². The fraction of sp³-hybridized carbons (Fsp3) is 0.167. The van der Waals surface area contributed by atoms with Crippen molar-refractivity contribution in [2.75, 3.05) is 19.1 Å². The van der Waals surface area contributed by atoms with E-state index in [0.717, 1.165) is 0 Å². The smallest absolute Gasteiger partial charge is 0.248 e. The monoisotopic (exact) mass is 448 g/mol. The Kier molecular flexibility index (Phi) is 6.03. The lowest BCUT2D eigenvalue weighted by atomic mass is 10.0. The first-order valence-electron chi connectivity index (χ1n) is 10.0. The number of amides is 1. The normalized spacial score (nSPS) is 10.7. The second-order valence-electron chi connectivity index (χ2n) is 7.14. The van der Waals surface area contributed by atoms with E-state index in [1.807, 2.05) is 0 Å². The third kappa shape index (κ3) is 4.00. The molecule has 2 aromatic carbocycles. The quantitative estimate of drug-likeness (QED) is 0.412. The highest BCUT2D eigenvalue weighted by Crippen LogP contribution is 2.46. The highest BCUT2D eigenvalue weighted by atomic mass is 19.1. The van der Waals surface area contributed by atoms with E-state index in [1.165, 1.54) is 38.4 Å². The summed E-state index contributed by atoms with van der Waals surface area (Å²) in [6.45, 7) is 3.06. The van der Waals surface area contributed by atoms with E-state index in [9.17, 15) is 9.18 Å². The lowest BCUT2D eigenvalue weighted by molar-refractivity contribution is -0.116. The highest BCUT2D eigenvalue weighted by Gasteiger charge is 2.31. The Labute approximate surface area is 189 Å². The van der Waals surface area contributed by atoms with E-state index in [0.29, 0.717) is 45.3 Å². The van der Waals surface area contributed by atoms with Crippen LogP contribution < -0.4 is 14.4 Å². The van der Waals surface area contributed by atoms with Crippen molar-refractivity contribution in [1.82, 2.24) is 15.1 Å². The molecule has 2 heterocycles. The Morgan fingerprint density at radius 1 is 1.12 bits per heavy atom. The number of anilines is 2. The van der Waals surface area contributed by atoms with Gasteiger partial charge in [0.25, 0.3) is 0 Å². The number of rotatable bonds is 6. The molecule has 0 bridgehead atoms. The average Bonchev–Trinajstić information content (AvgIpc) is 3.25. The van der Waals surface area contributed by atoms with Gasteiger partial charge in [-0.2, -0.15) is 0 Å². The lowest BCUT2D eigenvalue weighted by Crippen LogP contribution is -2.23. The minimum atomic E-state index is -0.352. The number of aryl methyl sites for hydroxylation is 1. The topological polar surface area (TPSA) is 90.6 Å². The number of hydrogen-bond donors (Lipinski definition) is 0. The van der Waals surface area contributed by atoms with Gasteiger partial charge in [0, 0.05) is 18.7 Å². The zero-order valence-corrected chi connectivity index (χ0v) is 18.5. The van der Waals surface area contributed by atoms with Gasteiger partial charge in [-0.3, -0.25) is 4.79 Å². The van der Waals surface area contributed by atoms with E-state index in [2.05, 4.69) is 15.1 Å². The molecular weight excluding hydrogens is 427 g/mol. The molecule has 0 saturated heterocycles. The molecule has 0 fully saturated rings. The summed E-state index contributed by atoms with van der Waals surface area (Å²) in [6.07, 6.45) is 2.96. The van der Waals surface area contributed by atoms with Crippen LogP contribution in [0, 0.1) is 12.7 Å². The molecule has 0 radical (unpaired) electrons. The van der Waals surface area contributed by atoms with Gasteiger partial charge in [-0.05, 0) is 48.9 Å². The summed E-state index contributed by atoms with van der Waals surface area (Å²) in [5, 5.41) is 4.24. The van der Waals surface area contributed by atoms with Crippen molar-refractivity contribution in [2.24, 2.45) is 0 Å². The Bertz CT molecular complexity index is 1310. The van der Waals surface area contributed by atoms with Gasteiger partial charge < -0.3 is 14.0 Å². The Balaban J connectivity index is 2.00. The fourth-order valence-corrected chi connectivity index (χ4v) is 3.56. The number of nitrogens with zero attached hydrogens (tertiary/aromatic N) is 4. The molecule has 1 amide bonds. The maximum absolute atomic E-state index is 13.9. The maximum Gasteiger partial charge on any atom is 0.248 e. The third-order valence-corrected chi connectivity index (χ3v) is 5.08. The second kappa shape index (κ2) is 9.07. The van der Waals surface area contributed by atoms with Crippen molar-refractivity contribution in [3.63, 3.8) is 0 Å². The standard InChI is InChI=1S/C24H21FN4O4/c1-14-12-16(8-9-17(14)25)22-21(18-10-11-26-13-27-18)24(33-28-22)29(15(2)30)19-6-5-7-20(31-3)23(19)32-4/h5-13H,1-4H3. The third-order valence-electron chi connectivity index (χ3n) is 5.08. The highest BCUT2D eigenvalue weighted by molar-refractivity contribution is 6.04. The number of hydrogen-bond acceptors (Lipinski definition) is 7. The van der Waals surface area contributed by atoms with Crippen LogP contribution in [0.1, 0.15) is 12.5 Å². The van der Waals surface area contributed by atoms with Crippen molar-refractivity contribution >= 4 is 17.5 Å². The summed E-state index contributed by atoms with van der Waals surface area (Å²) >= 11 is 0. The molecule has 0 aliphatic rings. The van der Waals surface area contributed by atoms with Crippen LogP contribution in [0.3, 0.4) is 0 Å². The molecule has 4 rings (SSSR count). The molecule has 0 unspecified atom stereocenters. The van der Waals surface area contributed by atoms with E-state index in [4.69, 9.17) is 14.0 Å². The average molecular weight is 448 g/mol. The Hall–Kier alpha value is -4.27. The first-order valence-corrected chi connectivity index (χ1v) is 10.0. The zero-order valence-electron chi connectivity index (χ0n) is 18.5. The summed E-state index contributed by atoms with van der Waals surface area (Å²) in [4.78, 5) is 22.6. The number of carbonyl (C=O) groups excluding carboxylic acids is 1. The van der Waals surface area contributed by atoms with Crippen LogP contribution in [0.15, 0.2) is 59.5 Å². The minimum Gasteiger partial charge on any atom is -0.493 e. The molecule has 33 heavy (non-hydrogen) atoms. The van der Waals surface area contributed by atoms with E-state index >= 15 is 0 Å². The van der Waals surface area contributed by atoms with Crippen molar-refractivity contribution < 1.29 is 23.2 Å². The Morgan fingerprint density at radius 2 is 1.94 bits per heavy atom. The summed E-state index contributed by atoms with van der Waals surface area (Å²) in [7, 11) is 2.99. The van der Waals surface area contributed by atoms with Crippen LogP contribution >= 0.6 is 0 Å². The fourth-order valence-electron chi connectivity index (χ4n) is 3.56. The summed E-state index contributed by atoms with van der Waals surface area (Å²) < 4.78 is 30.6. The Morgan fingerprint density at radius 3 is 2.58 bits per heavy atom. The number of ether oxygens (including phenoxy) is 2. The van der Waals surface area contributed by atoms with Crippen LogP contribution in [-0.2, 0) is 4.79 Å². The molecule has 9 heteroatoms. The molecule has 0 aliphatic carbocycles. The lowest BCUT2D eigenvalue weighted by Gasteiger charge is -2.22. The molecule has 0 aliphatic heterocycles. The van der Waals surface area contributed by atoms with Crippen LogP contribution in [0.25, 0.3) is 22.5 Å². The molecule has 0 N–H and O–H groups in total. The number of methoxy groups -OCH3 is 2. The molecule has 8 nitrogen and oxygen atoms in total. The molecular formula is C24H21FN4O4. The predicted molar refractivity (Wildman–Crippen MR) is 120 cm³/mol. The largest absolute Gasteiger partial charge is 0.493 e. The van der Waals surface area contributed by atoms with Gasteiger partial charge in [-0.1, -0.05) is 11.2 Å². The van der Waals surface area contributed by atoms with Gasteiger partial charge in [-0.15, -0.1) is 0 Å². The summed E-state index contributed by atoms with van der Waals surface area (Å²) in [6, 6.07) is 11.5. The predicted octanol–water partition coefficient (Wildman–Crippen LogP) is 4.95. The summed E-state index contributed by atoms with van der Waals surface area (Å²) in [5.41, 5.74) is 2.79. The SMILES string of the molecule is COc1cccc(N(C(C)=O)c2onc(-c3ccc(F)c(C)c3)c2-c2ccncn2)c1OC. The molecule has 2 aromatic heterocycles. The van der Waals surface area contributed by atoms with Crippen molar-refractivity contribution in [1.29, 1.82) is 0 Å². The van der Waals surface area contributed by atoms with Gasteiger partial charge in [0.05, 0.1) is 31.2 Å². The van der Waals surface area contributed by atoms with Crippen molar-refractivity contribution in [2.45, 2.75) is 13.8 Å². The van der Waals surface area contributed by atoms with E-state index < -0.39 is 0 Å². The van der Waals surface area contributed by atoms with Crippen LogP contribution in [0.4, 0.5) is 16.0 Å². The number of para-hydroxylation sites is 1. The molecule has 4 aromatic rings. The zero-order chi connectivity index (χ0) is 23.5. The number of benzene rings is 2. The number of aromatic nitrogens is 3. The van der Waals surface area contributed by atoms with Crippen LogP contribution in [0.5, 0.6) is 11.5 Å². The minimum absolute atomic E-state index is 0.129. The number of carbonyl (C=O) groups is 1. The van der Waals surface area contributed by atoms with E-state index in [1.54, 1.807) is 49.5 Å². The van der Waals surface area contributed by atoms with Gasteiger partial charge in [0.2, 0.25) is 11.8 Å². The van der Waals surface area contributed by atoms with Gasteiger partial charge in [0.15, 0.2) is 11.5 Å². The van der Waals surface area contributed by atoms with Gasteiger partial charge in [-0.25, -0.2) is 19.3 Å². The van der Waals surface area contributed by atoms with Gasteiger partial charge >= 0.3 is 0 Å². The maximum atomic E-state index is 13.9. The van der Waals surface area contributed by atoms with Gasteiger partial charge in [0.1, 0.15) is 17.8 Å². The molecule has 0 saturated carbocycles. The summed E-state index contributed by atoms with van der Waals surface area (Å²) in [5.74, 6) is 0.232. The molecule has 168 valence electrons. The molecule has 0 spiro atoms. The number of halogens is 1. The second-order valence-corrected chi connectivity index (χ2v) is 7.14. The van der Waals surface area contributed by atoms with Crippen molar-refractivity contribution in [3.8, 4) is 34.0 Å². The van der Waals surface area contributed by atoms with Crippen LogP contribution in [-0.4, -0.2) is 35.3 Å².